The second-order valence-corrected chi connectivity index (χ2v) is 10.1. The van der Waals surface area contributed by atoms with E-state index in [0.717, 1.165) is 49.9 Å². The molecule has 1 amide bonds. The van der Waals surface area contributed by atoms with Crippen LogP contribution >= 0.6 is 15.9 Å². The number of nitrogens with one attached hydrogen (secondary N) is 2. The van der Waals surface area contributed by atoms with Gasteiger partial charge in [-0.25, -0.2) is 0 Å². The molecular formula is C29H27BrN4O2. The largest absolute Gasteiger partial charge is 0.354 e. The predicted molar refractivity (Wildman–Crippen MR) is 146 cm³/mol. The number of aryl methyl sites for hydroxylation is 5. The maximum Gasteiger partial charge on any atom is 0.232 e. The van der Waals surface area contributed by atoms with E-state index in [0.29, 0.717) is 18.1 Å². The molecule has 2 heterocycles. The zero-order valence-electron chi connectivity index (χ0n) is 20.5. The highest BCUT2D eigenvalue weighted by Crippen LogP contribution is 2.33. The fourth-order valence-electron chi connectivity index (χ4n) is 4.73. The van der Waals surface area contributed by atoms with Gasteiger partial charge < -0.3 is 14.8 Å². The first-order valence-electron chi connectivity index (χ1n) is 11.9. The highest BCUT2D eigenvalue weighted by atomic mass is 79.9. The summed E-state index contributed by atoms with van der Waals surface area (Å²) in [6.07, 6.45) is 1.35. The van der Waals surface area contributed by atoms with Crippen molar-refractivity contribution in [2.75, 3.05) is 5.32 Å². The van der Waals surface area contributed by atoms with Crippen LogP contribution < -0.4 is 5.32 Å². The number of benzene rings is 3. The molecule has 0 atom stereocenters. The van der Waals surface area contributed by atoms with Crippen LogP contribution in [0.5, 0.6) is 0 Å². The third-order valence-corrected chi connectivity index (χ3v) is 6.78. The van der Waals surface area contributed by atoms with Crippen molar-refractivity contribution in [2.45, 2.75) is 40.0 Å². The Kier molecular flexibility index (Phi) is 6.74. The van der Waals surface area contributed by atoms with Gasteiger partial charge in [0.15, 0.2) is 5.82 Å². The van der Waals surface area contributed by atoms with Gasteiger partial charge in [-0.1, -0.05) is 69.1 Å². The maximum atomic E-state index is 12.7. The number of hydrogen-bond donors (Lipinski definition) is 2. The maximum absolute atomic E-state index is 12.7. The second-order valence-electron chi connectivity index (χ2n) is 9.14. The van der Waals surface area contributed by atoms with Gasteiger partial charge in [-0.3, -0.25) is 4.79 Å². The van der Waals surface area contributed by atoms with Crippen molar-refractivity contribution in [3.05, 3.63) is 99.1 Å². The molecule has 5 aromatic rings. The van der Waals surface area contributed by atoms with Crippen LogP contribution in [0.4, 0.5) is 5.69 Å². The number of aromatic nitrogens is 3. The van der Waals surface area contributed by atoms with Gasteiger partial charge >= 0.3 is 0 Å². The van der Waals surface area contributed by atoms with Crippen molar-refractivity contribution in [1.82, 2.24) is 15.1 Å². The van der Waals surface area contributed by atoms with Crippen LogP contribution in [0.25, 0.3) is 22.2 Å². The van der Waals surface area contributed by atoms with Crippen molar-refractivity contribution in [3.63, 3.8) is 0 Å². The highest BCUT2D eigenvalue weighted by molar-refractivity contribution is 9.10. The summed E-state index contributed by atoms with van der Waals surface area (Å²) in [5, 5.41) is 8.21. The van der Waals surface area contributed by atoms with Crippen LogP contribution in [0, 0.1) is 20.8 Å². The Morgan fingerprint density at radius 3 is 2.50 bits per heavy atom. The minimum Gasteiger partial charge on any atom is -0.354 e. The molecule has 7 heteroatoms. The zero-order valence-corrected chi connectivity index (χ0v) is 22.1. The van der Waals surface area contributed by atoms with E-state index in [1.165, 1.54) is 11.1 Å². The second kappa shape index (κ2) is 10.1. The molecule has 0 aliphatic heterocycles. The number of halogens is 1. The van der Waals surface area contributed by atoms with Crippen LogP contribution in [0.1, 0.15) is 34.0 Å². The first kappa shape index (κ1) is 24.0. The normalized spacial score (nSPS) is 11.2. The van der Waals surface area contributed by atoms with Crippen molar-refractivity contribution in [1.29, 1.82) is 0 Å². The smallest absolute Gasteiger partial charge is 0.232 e. The molecule has 0 fully saturated rings. The Hall–Kier alpha value is -3.71. The molecule has 36 heavy (non-hydrogen) atoms. The van der Waals surface area contributed by atoms with Crippen LogP contribution in [0.3, 0.4) is 0 Å². The van der Waals surface area contributed by atoms with Crippen molar-refractivity contribution >= 4 is 38.4 Å². The van der Waals surface area contributed by atoms with E-state index < -0.39 is 0 Å². The Labute approximate surface area is 218 Å². The number of carbonyl (C=O) groups excluding carboxylic acids is 1. The number of anilines is 1. The Balaban J connectivity index is 1.31. The molecule has 0 radical (unpaired) electrons. The summed E-state index contributed by atoms with van der Waals surface area (Å²) in [5.74, 6) is 0.740. The van der Waals surface area contributed by atoms with E-state index in [9.17, 15) is 4.79 Å². The minimum absolute atomic E-state index is 0.0611. The highest BCUT2D eigenvalue weighted by Gasteiger charge is 2.17. The molecule has 0 unspecified atom stereocenters. The quantitative estimate of drug-likeness (QED) is 0.235. The van der Waals surface area contributed by atoms with Crippen LogP contribution in [-0.4, -0.2) is 21.0 Å². The number of hydrogen-bond acceptors (Lipinski definition) is 4. The molecule has 0 bridgehead atoms. The number of H-pyrrole nitrogens is 1. The van der Waals surface area contributed by atoms with Gasteiger partial charge in [0.2, 0.25) is 11.8 Å². The molecule has 0 aliphatic carbocycles. The van der Waals surface area contributed by atoms with Crippen LogP contribution in [0.2, 0.25) is 0 Å². The first-order valence-corrected chi connectivity index (χ1v) is 12.7. The molecule has 0 saturated heterocycles. The third-order valence-electron chi connectivity index (χ3n) is 6.29. The molecule has 2 aromatic heterocycles. The van der Waals surface area contributed by atoms with Gasteiger partial charge in [-0.2, -0.15) is 4.98 Å². The summed E-state index contributed by atoms with van der Waals surface area (Å²) >= 11 is 3.60. The number of carbonyl (C=O) groups is 1. The molecule has 5 rings (SSSR count). The van der Waals surface area contributed by atoms with Crippen molar-refractivity contribution in [3.8, 4) is 11.3 Å². The number of fused-ring (bicyclic) bond motifs is 1. The fourth-order valence-corrected chi connectivity index (χ4v) is 5.09. The zero-order chi connectivity index (χ0) is 25.2. The standard InChI is InChI=1S/C29H27BrN4O2/c1-17-13-18(2)28(19(3)14-17)33-26(35)16-25-32-27(36-34-25)12-10-22-23-15-21(30)9-11-24(23)31-29(22)20-7-5-4-6-8-20/h4-9,11,13-15,31H,10,12,16H2,1-3H3,(H,33,35). The lowest BCUT2D eigenvalue weighted by molar-refractivity contribution is -0.115. The van der Waals surface area contributed by atoms with Crippen molar-refractivity contribution < 1.29 is 9.32 Å². The van der Waals surface area contributed by atoms with E-state index in [2.05, 4.69) is 72.8 Å². The third kappa shape index (κ3) is 5.11. The predicted octanol–water partition coefficient (Wildman–Crippen LogP) is 6.87. The Morgan fingerprint density at radius 2 is 1.75 bits per heavy atom. The van der Waals surface area contributed by atoms with Crippen LogP contribution in [-0.2, 0) is 24.1 Å². The Morgan fingerprint density at radius 1 is 1.00 bits per heavy atom. The monoisotopic (exact) mass is 542 g/mol. The summed E-state index contributed by atoms with van der Waals surface area (Å²) in [7, 11) is 0. The molecule has 0 spiro atoms. The van der Waals surface area contributed by atoms with Gasteiger partial charge in [-0.05, 0) is 67.6 Å². The van der Waals surface area contributed by atoms with Gasteiger partial charge in [0.25, 0.3) is 0 Å². The fraction of sp³-hybridized carbons (Fsp3) is 0.207. The number of amides is 1. The van der Waals surface area contributed by atoms with E-state index in [1.54, 1.807) is 0 Å². The average Bonchev–Trinajstić information content (AvgIpc) is 3.44. The topological polar surface area (TPSA) is 83.8 Å². The van der Waals surface area contributed by atoms with Gasteiger partial charge in [0.1, 0.15) is 0 Å². The molecule has 0 saturated carbocycles. The lowest BCUT2D eigenvalue weighted by Crippen LogP contribution is -2.17. The molecule has 3 aromatic carbocycles. The first-order chi connectivity index (χ1) is 17.4. The summed E-state index contributed by atoms with van der Waals surface area (Å²) in [4.78, 5) is 20.7. The summed E-state index contributed by atoms with van der Waals surface area (Å²) in [6, 6.07) is 20.7. The Bertz CT molecular complexity index is 1530. The van der Waals surface area contributed by atoms with E-state index in [-0.39, 0.29) is 12.3 Å². The SMILES string of the molecule is Cc1cc(C)c(NC(=O)Cc2noc(CCc3c(-c4ccccc4)[nH]c4ccc(Br)cc34)n2)c(C)c1. The minimum atomic E-state index is -0.162. The molecule has 182 valence electrons. The molecule has 6 nitrogen and oxygen atoms in total. The van der Waals surface area contributed by atoms with Gasteiger partial charge in [-0.15, -0.1) is 0 Å². The van der Waals surface area contributed by atoms with Gasteiger partial charge in [0, 0.05) is 33.2 Å². The average molecular weight is 543 g/mol. The van der Waals surface area contributed by atoms with Crippen LogP contribution in [0.15, 0.2) is 69.7 Å². The van der Waals surface area contributed by atoms with Gasteiger partial charge in [0.05, 0.1) is 6.42 Å². The number of nitrogens with zero attached hydrogens (tertiary/aromatic N) is 2. The summed E-state index contributed by atoms with van der Waals surface area (Å²) in [5.41, 5.74) is 8.58. The lowest BCUT2D eigenvalue weighted by Gasteiger charge is -2.12. The van der Waals surface area contributed by atoms with E-state index in [4.69, 9.17) is 4.52 Å². The number of rotatable bonds is 7. The van der Waals surface area contributed by atoms with E-state index >= 15 is 0 Å². The molecular weight excluding hydrogens is 516 g/mol. The molecule has 0 aliphatic rings. The summed E-state index contributed by atoms with van der Waals surface area (Å²) < 4.78 is 6.53. The van der Waals surface area contributed by atoms with Crippen molar-refractivity contribution in [2.24, 2.45) is 0 Å². The number of aromatic amines is 1. The summed E-state index contributed by atoms with van der Waals surface area (Å²) in [6.45, 7) is 6.04. The lowest BCUT2D eigenvalue weighted by atomic mass is 10.0. The molecule has 2 N–H and O–H groups in total. The van der Waals surface area contributed by atoms with E-state index in [1.807, 2.05) is 45.0 Å².